The van der Waals surface area contributed by atoms with E-state index in [1.807, 2.05) is 0 Å². The summed E-state index contributed by atoms with van der Waals surface area (Å²) in [6.45, 7) is 2.87. The molecule has 0 heterocycles. The first-order valence-corrected chi connectivity index (χ1v) is 3.94. The molecule has 1 N–H and O–H groups in total. The Morgan fingerprint density at radius 2 is 1.62 bits per heavy atom. The van der Waals surface area contributed by atoms with E-state index in [2.05, 4.69) is 0 Å². The van der Waals surface area contributed by atoms with Crippen LogP contribution in [0.25, 0.3) is 0 Å². The van der Waals surface area contributed by atoms with Crippen LogP contribution in [-0.4, -0.2) is 24.1 Å². The second-order valence-electron chi connectivity index (χ2n) is 3.82. The van der Waals surface area contributed by atoms with Gasteiger partial charge in [-0.25, -0.2) is 0 Å². The smallest absolute Gasteiger partial charge is 0.383 e. The molecular formula is C8H14F4O. The molecule has 1 nitrogen and oxygen atoms in total. The van der Waals surface area contributed by atoms with Gasteiger partial charge in [0.2, 0.25) is 0 Å². The Balaban J connectivity index is 4.63. The van der Waals surface area contributed by atoms with Crippen LogP contribution in [0.1, 0.15) is 20.8 Å². The van der Waals surface area contributed by atoms with E-state index in [-0.39, 0.29) is 0 Å². The minimum atomic E-state index is -4.69. The van der Waals surface area contributed by atoms with Crippen LogP contribution in [0.5, 0.6) is 0 Å². The molecule has 0 saturated heterocycles. The van der Waals surface area contributed by atoms with Crippen molar-refractivity contribution in [1.82, 2.24) is 0 Å². The lowest BCUT2D eigenvalue weighted by Gasteiger charge is -2.35. The van der Waals surface area contributed by atoms with Gasteiger partial charge in [-0.3, -0.25) is 4.39 Å². The predicted octanol–water partition coefficient (Wildman–Crippen LogP) is 2.54. The van der Waals surface area contributed by atoms with Crippen molar-refractivity contribution in [1.29, 1.82) is 0 Å². The minimum Gasteiger partial charge on any atom is -0.383 e. The van der Waals surface area contributed by atoms with Crippen molar-refractivity contribution in [3.8, 4) is 0 Å². The Hall–Kier alpha value is -0.320. The molecule has 80 valence electrons. The van der Waals surface area contributed by atoms with Crippen molar-refractivity contribution in [2.45, 2.75) is 33.1 Å². The summed E-state index contributed by atoms with van der Waals surface area (Å²) in [7, 11) is 0. The summed E-state index contributed by atoms with van der Waals surface area (Å²) in [5.41, 5.74) is -1.49. The summed E-state index contributed by atoms with van der Waals surface area (Å²) in [5.74, 6) is -0.830. The van der Waals surface area contributed by atoms with Gasteiger partial charge in [0.1, 0.15) is 0 Å². The van der Waals surface area contributed by atoms with Crippen LogP contribution < -0.4 is 0 Å². The highest BCUT2D eigenvalue weighted by molar-refractivity contribution is 4.86. The quantitative estimate of drug-likeness (QED) is 0.697. The fourth-order valence-corrected chi connectivity index (χ4v) is 0.890. The third-order valence-electron chi connectivity index (χ3n) is 2.52. The molecule has 1 unspecified atom stereocenters. The van der Waals surface area contributed by atoms with Crippen LogP contribution in [0.2, 0.25) is 0 Å². The van der Waals surface area contributed by atoms with Crippen LogP contribution >= 0.6 is 0 Å². The molecule has 0 aromatic heterocycles. The Morgan fingerprint density at radius 3 is 1.85 bits per heavy atom. The molecule has 0 aliphatic carbocycles. The van der Waals surface area contributed by atoms with Gasteiger partial charge in [0.25, 0.3) is 0 Å². The average molecular weight is 202 g/mol. The van der Waals surface area contributed by atoms with Gasteiger partial charge in [-0.2, -0.15) is 13.2 Å². The first-order valence-electron chi connectivity index (χ1n) is 3.94. The lowest BCUT2D eigenvalue weighted by atomic mass is 9.75. The number of rotatable bonds is 3. The van der Waals surface area contributed by atoms with E-state index in [0.29, 0.717) is 0 Å². The van der Waals surface area contributed by atoms with Crippen molar-refractivity contribution >= 4 is 0 Å². The summed E-state index contributed by atoms with van der Waals surface area (Å²) >= 11 is 0. The molecule has 0 amide bonds. The van der Waals surface area contributed by atoms with Crippen molar-refractivity contribution in [2.75, 3.05) is 6.67 Å². The Labute approximate surface area is 74.8 Å². The van der Waals surface area contributed by atoms with E-state index < -0.39 is 30.3 Å². The lowest BCUT2D eigenvalue weighted by Crippen LogP contribution is -2.45. The van der Waals surface area contributed by atoms with Gasteiger partial charge in [0.15, 0.2) is 6.10 Å². The summed E-state index contributed by atoms with van der Waals surface area (Å²) in [6.07, 6.45) is -7.17. The molecule has 0 rings (SSSR count). The largest absolute Gasteiger partial charge is 0.414 e. The fourth-order valence-electron chi connectivity index (χ4n) is 0.890. The molecule has 2 atom stereocenters. The molecule has 0 bridgehead atoms. The number of hydrogen-bond donors (Lipinski definition) is 1. The Morgan fingerprint density at radius 1 is 1.23 bits per heavy atom. The van der Waals surface area contributed by atoms with Gasteiger partial charge in [-0.1, -0.05) is 20.8 Å². The third kappa shape index (κ3) is 2.83. The fraction of sp³-hybridized carbons (Fsp3) is 1.00. The standard InChI is InChI=1S/C8H14F4O/c1-5(4-9)7(2,3)6(13)8(10,11)12/h5-6,13H,4H2,1-3H3/t5-,6?/m0/s1. The van der Waals surface area contributed by atoms with E-state index >= 15 is 0 Å². The third-order valence-corrected chi connectivity index (χ3v) is 2.52. The molecular weight excluding hydrogens is 188 g/mol. The molecule has 0 radical (unpaired) electrons. The highest BCUT2D eigenvalue weighted by Crippen LogP contribution is 2.39. The normalized spacial score (nSPS) is 18.5. The highest BCUT2D eigenvalue weighted by atomic mass is 19.4. The molecule has 0 aliphatic rings. The first kappa shape index (κ1) is 12.7. The van der Waals surface area contributed by atoms with Gasteiger partial charge in [-0.05, 0) is 5.92 Å². The highest BCUT2D eigenvalue weighted by Gasteiger charge is 2.49. The Bertz CT molecular complexity index is 164. The maximum absolute atomic E-state index is 12.2. The molecule has 0 aromatic rings. The van der Waals surface area contributed by atoms with E-state index in [4.69, 9.17) is 5.11 Å². The van der Waals surface area contributed by atoms with Crippen LogP contribution in [0.4, 0.5) is 17.6 Å². The summed E-state index contributed by atoms with van der Waals surface area (Å²) in [5, 5.41) is 8.92. The second-order valence-corrected chi connectivity index (χ2v) is 3.82. The van der Waals surface area contributed by atoms with Gasteiger partial charge in [0.05, 0.1) is 6.67 Å². The average Bonchev–Trinajstić information content (AvgIpc) is 1.99. The first-order chi connectivity index (χ1) is 5.64. The lowest BCUT2D eigenvalue weighted by molar-refractivity contribution is -0.241. The molecule has 0 aromatic carbocycles. The zero-order valence-electron chi connectivity index (χ0n) is 7.82. The summed E-state index contributed by atoms with van der Waals surface area (Å²) < 4.78 is 48.4. The van der Waals surface area contributed by atoms with Gasteiger partial charge in [-0.15, -0.1) is 0 Å². The molecule has 0 aliphatic heterocycles. The van der Waals surface area contributed by atoms with Crippen LogP contribution in [0, 0.1) is 11.3 Å². The number of halogens is 4. The number of aliphatic hydroxyl groups excluding tert-OH is 1. The van der Waals surface area contributed by atoms with E-state index in [1.165, 1.54) is 20.8 Å². The molecule has 0 saturated carbocycles. The monoisotopic (exact) mass is 202 g/mol. The van der Waals surface area contributed by atoms with E-state index in [1.54, 1.807) is 0 Å². The Kier molecular flexibility index (Phi) is 3.72. The summed E-state index contributed by atoms with van der Waals surface area (Å²) in [4.78, 5) is 0. The van der Waals surface area contributed by atoms with Crippen LogP contribution in [0.15, 0.2) is 0 Å². The molecule has 13 heavy (non-hydrogen) atoms. The molecule has 0 spiro atoms. The van der Waals surface area contributed by atoms with Crippen LogP contribution in [-0.2, 0) is 0 Å². The van der Waals surface area contributed by atoms with Crippen molar-refractivity contribution in [3.63, 3.8) is 0 Å². The van der Waals surface area contributed by atoms with E-state index in [0.717, 1.165) is 0 Å². The van der Waals surface area contributed by atoms with Gasteiger partial charge in [0, 0.05) is 5.41 Å². The zero-order chi connectivity index (χ0) is 10.9. The molecule has 5 heteroatoms. The predicted molar refractivity (Wildman–Crippen MR) is 41.0 cm³/mol. The zero-order valence-corrected chi connectivity index (χ0v) is 7.82. The van der Waals surface area contributed by atoms with E-state index in [9.17, 15) is 17.6 Å². The van der Waals surface area contributed by atoms with Crippen molar-refractivity contribution in [3.05, 3.63) is 0 Å². The topological polar surface area (TPSA) is 20.2 Å². The SMILES string of the molecule is C[C@@H](CF)C(C)(C)C(O)C(F)(F)F. The van der Waals surface area contributed by atoms with Crippen LogP contribution in [0.3, 0.4) is 0 Å². The number of alkyl halides is 4. The van der Waals surface area contributed by atoms with Gasteiger partial charge < -0.3 is 5.11 Å². The van der Waals surface area contributed by atoms with Crippen molar-refractivity contribution in [2.24, 2.45) is 11.3 Å². The second kappa shape index (κ2) is 3.82. The summed E-state index contributed by atoms with van der Waals surface area (Å²) in [6, 6.07) is 0. The minimum absolute atomic E-state index is 0.830. The number of hydrogen-bond acceptors (Lipinski definition) is 1. The van der Waals surface area contributed by atoms with Crippen molar-refractivity contribution < 1.29 is 22.7 Å². The van der Waals surface area contributed by atoms with Gasteiger partial charge >= 0.3 is 6.18 Å². The maximum atomic E-state index is 12.2. The maximum Gasteiger partial charge on any atom is 0.414 e. The number of aliphatic hydroxyl groups is 1. The molecule has 0 fully saturated rings.